The summed E-state index contributed by atoms with van der Waals surface area (Å²) in [5, 5.41) is 3.07. The Morgan fingerprint density at radius 1 is 1.47 bits per heavy atom. The second-order valence-corrected chi connectivity index (χ2v) is 4.59. The molecule has 1 aromatic carbocycles. The van der Waals surface area contributed by atoms with Gasteiger partial charge in [-0.15, -0.1) is 6.42 Å². The SMILES string of the molecule is C#CC(N=C(N)Nc1ccccc1COC)C(C)C. The van der Waals surface area contributed by atoms with E-state index in [9.17, 15) is 0 Å². The maximum atomic E-state index is 5.89. The highest BCUT2D eigenvalue weighted by Crippen LogP contribution is 2.15. The molecule has 0 aromatic heterocycles. The molecule has 0 radical (unpaired) electrons. The Kier molecular flexibility index (Phi) is 5.91. The summed E-state index contributed by atoms with van der Waals surface area (Å²) in [6.07, 6.45) is 5.43. The summed E-state index contributed by atoms with van der Waals surface area (Å²) in [7, 11) is 1.65. The summed E-state index contributed by atoms with van der Waals surface area (Å²) in [6.45, 7) is 4.54. The second kappa shape index (κ2) is 7.45. The van der Waals surface area contributed by atoms with Crippen molar-refractivity contribution in [2.24, 2.45) is 16.6 Å². The molecular formula is C15H21N3O. The van der Waals surface area contributed by atoms with Crippen LogP contribution >= 0.6 is 0 Å². The number of anilines is 1. The van der Waals surface area contributed by atoms with E-state index in [-0.39, 0.29) is 12.0 Å². The fourth-order valence-corrected chi connectivity index (χ4v) is 1.62. The number of hydrogen-bond donors (Lipinski definition) is 2. The van der Waals surface area contributed by atoms with Crippen molar-refractivity contribution in [3.63, 3.8) is 0 Å². The van der Waals surface area contributed by atoms with Crippen molar-refractivity contribution in [2.75, 3.05) is 12.4 Å². The van der Waals surface area contributed by atoms with E-state index in [1.807, 2.05) is 38.1 Å². The van der Waals surface area contributed by atoms with Crippen LogP contribution in [0.5, 0.6) is 0 Å². The van der Waals surface area contributed by atoms with Crippen molar-refractivity contribution in [1.82, 2.24) is 0 Å². The standard InChI is InChI=1S/C15H21N3O/c1-5-13(11(2)3)17-15(16)18-14-9-7-6-8-12(14)10-19-4/h1,6-9,11,13H,10H2,2-4H3,(H3,16,17,18). The minimum absolute atomic E-state index is 0.220. The van der Waals surface area contributed by atoms with E-state index in [2.05, 4.69) is 16.2 Å². The van der Waals surface area contributed by atoms with E-state index < -0.39 is 0 Å². The number of nitrogens with zero attached hydrogens (tertiary/aromatic N) is 1. The number of para-hydroxylation sites is 1. The van der Waals surface area contributed by atoms with Crippen molar-refractivity contribution in [3.8, 4) is 12.3 Å². The number of terminal acetylenes is 1. The third-order valence-electron chi connectivity index (χ3n) is 2.66. The quantitative estimate of drug-likeness (QED) is 0.484. The number of nitrogens with two attached hydrogens (primary N) is 1. The number of rotatable bonds is 5. The van der Waals surface area contributed by atoms with Gasteiger partial charge in [-0.2, -0.15) is 0 Å². The Morgan fingerprint density at radius 2 is 2.16 bits per heavy atom. The highest BCUT2D eigenvalue weighted by Gasteiger charge is 2.09. The van der Waals surface area contributed by atoms with Crippen LogP contribution < -0.4 is 11.1 Å². The van der Waals surface area contributed by atoms with Gasteiger partial charge in [-0.3, -0.25) is 0 Å². The molecule has 19 heavy (non-hydrogen) atoms. The van der Waals surface area contributed by atoms with Crippen molar-refractivity contribution < 1.29 is 4.74 Å². The summed E-state index contributed by atoms with van der Waals surface area (Å²) >= 11 is 0. The summed E-state index contributed by atoms with van der Waals surface area (Å²) in [5.74, 6) is 3.19. The lowest BCUT2D eigenvalue weighted by Crippen LogP contribution is -2.27. The molecule has 1 atom stereocenters. The molecule has 0 amide bonds. The van der Waals surface area contributed by atoms with Crippen LogP contribution in [-0.2, 0) is 11.3 Å². The molecule has 1 rings (SSSR count). The van der Waals surface area contributed by atoms with Gasteiger partial charge in [0.15, 0.2) is 5.96 Å². The van der Waals surface area contributed by atoms with Gasteiger partial charge in [-0.05, 0) is 12.0 Å². The summed E-state index contributed by atoms with van der Waals surface area (Å²) in [4.78, 5) is 4.30. The largest absolute Gasteiger partial charge is 0.380 e. The van der Waals surface area contributed by atoms with Crippen molar-refractivity contribution in [2.45, 2.75) is 26.5 Å². The molecule has 0 fully saturated rings. The van der Waals surface area contributed by atoms with Crippen molar-refractivity contribution >= 4 is 11.6 Å². The summed E-state index contributed by atoms with van der Waals surface area (Å²) in [5.41, 5.74) is 7.79. The molecule has 1 unspecified atom stereocenters. The third kappa shape index (κ3) is 4.65. The van der Waals surface area contributed by atoms with E-state index >= 15 is 0 Å². The number of benzene rings is 1. The van der Waals surface area contributed by atoms with E-state index in [1.165, 1.54) is 0 Å². The highest BCUT2D eigenvalue weighted by atomic mass is 16.5. The summed E-state index contributed by atoms with van der Waals surface area (Å²) in [6, 6.07) is 7.56. The Hall–Kier alpha value is -1.99. The molecule has 0 saturated heterocycles. The monoisotopic (exact) mass is 259 g/mol. The number of methoxy groups -OCH3 is 1. The van der Waals surface area contributed by atoms with E-state index in [0.29, 0.717) is 12.6 Å². The molecule has 0 heterocycles. The lowest BCUT2D eigenvalue weighted by atomic mass is 10.1. The predicted molar refractivity (Wildman–Crippen MR) is 79.9 cm³/mol. The lowest BCUT2D eigenvalue weighted by molar-refractivity contribution is 0.185. The Labute approximate surface area is 115 Å². The topological polar surface area (TPSA) is 59.6 Å². The van der Waals surface area contributed by atoms with Gasteiger partial charge in [0, 0.05) is 18.4 Å². The molecule has 1 aromatic rings. The first-order valence-electron chi connectivity index (χ1n) is 6.21. The molecule has 102 valence electrons. The zero-order valence-corrected chi connectivity index (χ0v) is 11.7. The number of guanidine groups is 1. The Morgan fingerprint density at radius 3 is 2.74 bits per heavy atom. The van der Waals surface area contributed by atoms with Gasteiger partial charge in [-0.1, -0.05) is 38.0 Å². The van der Waals surface area contributed by atoms with E-state index in [1.54, 1.807) is 7.11 Å². The van der Waals surface area contributed by atoms with Crippen LogP contribution in [0.1, 0.15) is 19.4 Å². The molecule has 3 N–H and O–H groups in total. The Balaban J connectivity index is 2.85. The van der Waals surface area contributed by atoms with Crippen molar-refractivity contribution in [1.29, 1.82) is 0 Å². The average molecular weight is 259 g/mol. The minimum Gasteiger partial charge on any atom is -0.380 e. The maximum Gasteiger partial charge on any atom is 0.194 e. The summed E-state index contributed by atoms with van der Waals surface area (Å²) < 4.78 is 5.14. The van der Waals surface area contributed by atoms with Gasteiger partial charge in [0.2, 0.25) is 0 Å². The molecule has 0 aliphatic heterocycles. The van der Waals surface area contributed by atoms with Gasteiger partial charge in [-0.25, -0.2) is 4.99 Å². The molecule has 0 aliphatic rings. The number of aliphatic imine (C=N–C) groups is 1. The van der Waals surface area contributed by atoms with E-state index in [0.717, 1.165) is 11.3 Å². The number of nitrogens with one attached hydrogen (secondary N) is 1. The smallest absolute Gasteiger partial charge is 0.194 e. The molecule has 0 aliphatic carbocycles. The van der Waals surface area contributed by atoms with Crippen LogP contribution in [-0.4, -0.2) is 19.1 Å². The molecular weight excluding hydrogens is 238 g/mol. The fourth-order valence-electron chi connectivity index (χ4n) is 1.62. The van der Waals surface area contributed by atoms with E-state index in [4.69, 9.17) is 16.9 Å². The van der Waals surface area contributed by atoms with Crippen LogP contribution in [0.2, 0.25) is 0 Å². The van der Waals surface area contributed by atoms with Gasteiger partial charge < -0.3 is 15.8 Å². The van der Waals surface area contributed by atoms with Crippen LogP contribution in [0.15, 0.2) is 29.3 Å². The maximum absolute atomic E-state index is 5.89. The third-order valence-corrected chi connectivity index (χ3v) is 2.66. The lowest BCUT2D eigenvalue weighted by Gasteiger charge is -2.14. The predicted octanol–water partition coefficient (Wildman–Crippen LogP) is 2.22. The van der Waals surface area contributed by atoms with Crippen LogP contribution in [0.4, 0.5) is 5.69 Å². The minimum atomic E-state index is -0.220. The molecule has 0 bridgehead atoms. The molecule has 4 nitrogen and oxygen atoms in total. The second-order valence-electron chi connectivity index (χ2n) is 4.59. The van der Waals surface area contributed by atoms with Gasteiger partial charge in [0.05, 0.1) is 6.61 Å². The first kappa shape index (κ1) is 15.1. The average Bonchev–Trinajstić information content (AvgIpc) is 2.38. The first-order chi connectivity index (χ1) is 9.08. The highest BCUT2D eigenvalue weighted by molar-refractivity contribution is 5.93. The first-order valence-corrected chi connectivity index (χ1v) is 6.21. The van der Waals surface area contributed by atoms with Gasteiger partial charge in [0.1, 0.15) is 6.04 Å². The van der Waals surface area contributed by atoms with Crippen LogP contribution in [0.25, 0.3) is 0 Å². The number of hydrogen-bond acceptors (Lipinski definition) is 2. The van der Waals surface area contributed by atoms with Gasteiger partial charge >= 0.3 is 0 Å². The zero-order valence-electron chi connectivity index (χ0n) is 11.7. The Bertz CT molecular complexity index is 475. The molecule has 0 saturated carbocycles. The molecule has 4 heteroatoms. The fraction of sp³-hybridized carbons (Fsp3) is 0.400. The van der Waals surface area contributed by atoms with Gasteiger partial charge in [0.25, 0.3) is 0 Å². The molecule has 0 spiro atoms. The van der Waals surface area contributed by atoms with Crippen LogP contribution in [0, 0.1) is 18.3 Å². The van der Waals surface area contributed by atoms with Crippen molar-refractivity contribution in [3.05, 3.63) is 29.8 Å². The van der Waals surface area contributed by atoms with Crippen LogP contribution in [0.3, 0.4) is 0 Å². The number of ether oxygens (including phenoxy) is 1. The normalized spacial score (nSPS) is 13.1. The zero-order chi connectivity index (χ0) is 14.3.